The van der Waals surface area contributed by atoms with Crippen molar-refractivity contribution in [2.45, 2.75) is 50.3 Å². The first kappa shape index (κ1) is 26.7. The van der Waals surface area contributed by atoms with E-state index in [0.717, 1.165) is 33.6 Å². The number of thioether (sulfide) groups is 1. The van der Waals surface area contributed by atoms with Gasteiger partial charge in [0, 0.05) is 23.4 Å². The minimum atomic E-state index is -0.509. The predicted molar refractivity (Wildman–Crippen MR) is 154 cm³/mol. The zero-order valence-corrected chi connectivity index (χ0v) is 23.6. The van der Waals surface area contributed by atoms with Gasteiger partial charge in [0.25, 0.3) is 0 Å². The fourth-order valence-electron chi connectivity index (χ4n) is 5.06. The molecule has 8 nitrogen and oxygen atoms in total. The molecule has 2 aromatic carbocycles. The van der Waals surface area contributed by atoms with Crippen LogP contribution in [0.25, 0.3) is 0 Å². The number of hydrogen-bond acceptors (Lipinski definition) is 9. The maximum Gasteiger partial charge on any atom is 0.234 e. The van der Waals surface area contributed by atoms with Crippen LogP contribution in [-0.4, -0.2) is 27.6 Å². The molecule has 3 aromatic rings. The number of ketones is 1. The molecular weight excluding hydrogens is 528 g/mol. The summed E-state index contributed by atoms with van der Waals surface area (Å²) in [4.78, 5) is 27.6. The van der Waals surface area contributed by atoms with Gasteiger partial charge in [-0.25, -0.2) is 0 Å². The van der Waals surface area contributed by atoms with Crippen LogP contribution in [0.2, 0.25) is 0 Å². The highest BCUT2D eigenvalue weighted by atomic mass is 32.2. The summed E-state index contributed by atoms with van der Waals surface area (Å²) < 4.78 is 0.595. The summed E-state index contributed by atoms with van der Waals surface area (Å²) in [5.74, 6) is -0.197. The van der Waals surface area contributed by atoms with E-state index in [9.17, 15) is 14.9 Å². The Balaban J connectivity index is 1.42. The SMILES string of the molecule is Cc1ccc(C2C(C#N)=C(N)N(c3nnc(SCC(=O)Nc4c(C)cccc4C)s3)C3=C2C(=O)CCC3)cc1. The minimum absolute atomic E-state index is 0.0226. The van der Waals surface area contributed by atoms with E-state index in [-0.39, 0.29) is 23.3 Å². The van der Waals surface area contributed by atoms with Crippen molar-refractivity contribution < 1.29 is 9.59 Å². The number of Topliss-reactive ketones (excluding diaryl/α,β-unsaturated/α-hetero) is 1. The monoisotopic (exact) mass is 556 g/mol. The molecule has 0 fully saturated rings. The summed E-state index contributed by atoms with van der Waals surface area (Å²) >= 11 is 2.57. The van der Waals surface area contributed by atoms with Gasteiger partial charge < -0.3 is 11.1 Å². The van der Waals surface area contributed by atoms with Crippen LogP contribution < -0.4 is 16.0 Å². The second-order valence-electron chi connectivity index (χ2n) is 9.68. The number of rotatable bonds is 6. The molecule has 0 saturated heterocycles. The lowest BCUT2D eigenvalue weighted by Crippen LogP contribution is -2.38. The van der Waals surface area contributed by atoms with Gasteiger partial charge in [0.05, 0.1) is 23.3 Å². The number of benzene rings is 2. The van der Waals surface area contributed by atoms with Crippen LogP contribution in [0.5, 0.6) is 0 Å². The van der Waals surface area contributed by atoms with Crippen LogP contribution >= 0.6 is 23.1 Å². The minimum Gasteiger partial charge on any atom is -0.384 e. The maximum absolute atomic E-state index is 13.3. The molecule has 1 amide bonds. The Kier molecular flexibility index (Phi) is 7.55. The predicted octanol–water partition coefficient (Wildman–Crippen LogP) is 5.50. The number of allylic oxidation sites excluding steroid dienone is 3. The number of nitrogens with one attached hydrogen (secondary N) is 1. The fraction of sp³-hybridized carbons (Fsp3) is 0.276. The summed E-state index contributed by atoms with van der Waals surface area (Å²) in [6.45, 7) is 5.92. The van der Waals surface area contributed by atoms with E-state index in [4.69, 9.17) is 5.73 Å². The molecule has 198 valence electrons. The molecule has 1 aliphatic heterocycles. The molecule has 1 aliphatic carbocycles. The summed E-state index contributed by atoms with van der Waals surface area (Å²) in [6, 6.07) is 16.0. The van der Waals surface area contributed by atoms with E-state index in [1.165, 1.54) is 23.1 Å². The number of nitriles is 1. The molecule has 39 heavy (non-hydrogen) atoms. The standard InChI is InChI=1S/C29H28N6O2S2/c1-16-10-12-19(13-11-16)24-20(14-30)27(31)35(21-8-5-9-22(36)25(21)24)28-33-34-29(39-28)38-15-23(37)32-26-17(2)6-4-7-18(26)3/h4,6-7,10-13,24H,5,8-9,15,31H2,1-3H3,(H,32,37). The Bertz CT molecular complexity index is 1540. The third-order valence-corrected chi connectivity index (χ3v) is 9.03. The lowest BCUT2D eigenvalue weighted by atomic mass is 9.75. The molecule has 3 N–H and O–H groups in total. The van der Waals surface area contributed by atoms with Crippen molar-refractivity contribution in [1.82, 2.24) is 10.2 Å². The van der Waals surface area contributed by atoms with Gasteiger partial charge in [-0.15, -0.1) is 10.2 Å². The Morgan fingerprint density at radius 2 is 1.87 bits per heavy atom. The van der Waals surface area contributed by atoms with Crippen molar-refractivity contribution in [3.05, 3.63) is 87.4 Å². The number of nitrogens with zero attached hydrogens (tertiary/aromatic N) is 4. The number of amides is 1. The highest BCUT2D eigenvalue weighted by molar-refractivity contribution is 8.01. The van der Waals surface area contributed by atoms with Crippen LogP contribution in [-0.2, 0) is 9.59 Å². The first-order valence-electron chi connectivity index (χ1n) is 12.6. The molecule has 1 aromatic heterocycles. The van der Waals surface area contributed by atoms with Crippen LogP contribution in [0.4, 0.5) is 10.8 Å². The number of carbonyl (C=O) groups is 2. The Labute approximate surface area is 235 Å². The van der Waals surface area contributed by atoms with Gasteiger partial charge in [-0.3, -0.25) is 14.5 Å². The zero-order chi connectivity index (χ0) is 27.7. The Morgan fingerprint density at radius 3 is 2.56 bits per heavy atom. The summed E-state index contributed by atoms with van der Waals surface area (Å²) in [5, 5.41) is 22.3. The van der Waals surface area contributed by atoms with Gasteiger partial charge >= 0.3 is 0 Å². The summed E-state index contributed by atoms with van der Waals surface area (Å²) in [6.07, 6.45) is 1.77. The first-order chi connectivity index (χ1) is 18.8. The quantitative estimate of drug-likeness (QED) is 0.382. The molecule has 1 atom stereocenters. The van der Waals surface area contributed by atoms with Gasteiger partial charge in [-0.2, -0.15) is 5.26 Å². The van der Waals surface area contributed by atoms with Crippen molar-refractivity contribution >= 4 is 45.6 Å². The van der Waals surface area contributed by atoms with Gasteiger partial charge in [0.1, 0.15) is 5.82 Å². The molecule has 0 spiro atoms. The molecule has 2 aliphatic rings. The highest BCUT2D eigenvalue weighted by Gasteiger charge is 2.41. The summed E-state index contributed by atoms with van der Waals surface area (Å²) in [5.41, 5.74) is 13.1. The fourth-order valence-corrected chi connectivity index (χ4v) is 6.74. The van der Waals surface area contributed by atoms with Gasteiger partial charge in [-0.05, 0) is 50.3 Å². The third-order valence-electron chi connectivity index (χ3n) is 6.98. The topological polar surface area (TPSA) is 125 Å². The molecular formula is C29H28N6O2S2. The number of hydrogen-bond donors (Lipinski definition) is 2. The van der Waals surface area contributed by atoms with Crippen molar-refractivity contribution in [2.24, 2.45) is 5.73 Å². The van der Waals surface area contributed by atoms with Gasteiger partial charge in [-0.1, -0.05) is 71.1 Å². The van der Waals surface area contributed by atoms with Gasteiger partial charge in [0.15, 0.2) is 10.1 Å². The smallest absolute Gasteiger partial charge is 0.234 e. The number of anilines is 2. The molecule has 0 radical (unpaired) electrons. The van der Waals surface area contributed by atoms with E-state index in [1.54, 1.807) is 4.90 Å². The average molecular weight is 557 g/mol. The molecule has 10 heteroatoms. The number of aromatic nitrogens is 2. The Morgan fingerprint density at radius 1 is 1.15 bits per heavy atom. The lowest BCUT2D eigenvalue weighted by Gasteiger charge is -2.38. The van der Waals surface area contributed by atoms with E-state index < -0.39 is 5.92 Å². The first-order valence-corrected chi connectivity index (χ1v) is 14.4. The molecule has 2 heterocycles. The second kappa shape index (κ2) is 11.0. The average Bonchev–Trinajstić information content (AvgIpc) is 3.38. The van der Waals surface area contributed by atoms with E-state index >= 15 is 0 Å². The van der Waals surface area contributed by atoms with Crippen molar-refractivity contribution in [3.8, 4) is 6.07 Å². The molecule has 0 saturated carbocycles. The van der Waals surface area contributed by atoms with Crippen LogP contribution in [0.1, 0.15) is 47.4 Å². The van der Waals surface area contributed by atoms with Gasteiger partial charge in [0.2, 0.25) is 11.0 Å². The van der Waals surface area contributed by atoms with E-state index in [1.807, 2.05) is 63.2 Å². The maximum atomic E-state index is 13.3. The Hall–Kier alpha value is -3.94. The zero-order valence-electron chi connectivity index (χ0n) is 21.9. The lowest BCUT2D eigenvalue weighted by molar-refractivity contribution is -0.116. The van der Waals surface area contributed by atoms with Crippen molar-refractivity contribution in [2.75, 3.05) is 16.0 Å². The highest BCUT2D eigenvalue weighted by Crippen LogP contribution is 2.47. The number of nitrogens with two attached hydrogens (primary N) is 1. The van der Waals surface area contributed by atoms with Crippen LogP contribution in [0.3, 0.4) is 0 Å². The third kappa shape index (κ3) is 5.20. The van der Waals surface area contributed by atoms with Crippen molar-refractivity contribution in [1.29, 1.82) is 5.26 Å². The number of para-hydroxylation sites is 1. The molecule has 1 unspecified atom stereocenters. The largest absolute Gasteiger partial charge is 0.384 e. The van der Waals surface area contributed by atoms with Crippen LogP contribution in [0.15, 0.2) is 69.5 Å². The number of carbonyl (C=O) groups excluding carboxylic acids is 2. The van der Waals surface area contributed by atoms with E-state index in [0.29, 0.717) is 39.9 Å². The normalized spacial score (nSPS) is 17.2. The molecule has 0 bridgehead atoms. The van der Waals surface area contributed by atoms with Crippen molar-refractivity contribution in [3.63, 3.8) is 0 Å². The number of aryl methyl sites for hydroxylation is 3. The van der Waals surface area contributed by atoms with Crippen LogP contribution in [0, 0.1) is 32.1 Å². The van der Waals surface area contributed by atoms with E-state index in [2.05, 4.69) is 21.6 Å². The molecule has 5 rings (SSSR count). The summed E-state index contributed by atoms with van der Waals surface area (Å²) in [7, 11) is 0. The second-order valence-corrected chi connectivity index (χ2v) is 11.9.